The highest BCUT2D eigenvalue weighted by molar-refractivity contribution is 5.87. The monoisotopic (exact) mass is 304 g/mol. The van der Waals surface area contributed by atoms with E-state index in [0.717, 1.165) is 18.4 Å². The predicted octanol–water partition coefficient (Wildman–Crippen LogP) is 1.27. The van der Waals surface area contributed by atoms with Crippen LogP contribution >= 0.6 is 0 Å². The molecule has 0 heterocycles. The number of hydrazine groups is 1. The first-order valence-electron chi connectivity index (χ1n) is 7.43. The van der Waals surface area contributed by atoms with Crippen molar-refractivity contribution in [1.29, 1.82) is 0 Å². The Hall–Kier alpha value is -2.37. The van der Waals surface area contributed by atoms with Crippen LogP contribution in [0.4, 0.5) is 0 Å². The molecule has 0 aromatic heterocycles. The van der Waals surface area contributed by atoms with Gasteiger partial charge in [0, 0.05) is 0 Å². The molecule has 0 aliphatic heterocycles. The van der Waals surface area contributed by atoms with E-state index in [1.165, 1.54) is 0 Å². The number of carboxylic acids is 1. The van der Waals surface area contributed by atoms with Crippen molar-refractivity contribution in [2.75, 3.05) is 0 Å². The molecule has 22 heavy (non-hydrogen) atoms. The summed E-state index contributed by atoms with van der Waals surface area (Å²) in [7, 11) is 0. The Bertz CT molecular complexity index is 544. The Morgan fingerprint density at radius 2 is 1.64 bits per heavy atom. The fourth-order valence-corrected chi connectivity index (χ4v) is 2.79. The van der Waals surface area contributed by atoms with Crippen molar-refractivity contribution in [1.82, 2.24) is 10.9 Å². The minimum absolute atomic E-state index is 0.161. The standard InChI is InChI=1S/C16H20N2O4/c19-14(10-11-6-2-1-3-7-11)17-18-15(20)12-8-4-5-9-13(12)16(21)22/h1-3,6-7,12-13H,4-5,8-10H2,(H,17,19)(H,18,20)(H,21,22)/t12-,13-/m1/s1. The highest BCUT2D eigenvalue weighted by atomic mass is 16.4. The highest BCUT2D eigenvalue weighted by Gasteiger charge is 2.35. The molecule has 118 valence electrons. The number of amides is 2. The van der Waals surface area contributed by atoms with E-state index in [0.29, 0.717) is 12.8 Å². The normalized spacial score (nSPS) is 20.9. The molecular weight excluding hydrogens is 284 g/mol. The Morgan fingerprint density at radius 1 is 1.00 bits per heavy atom. The van der Waals surface area contributed by atoms with Crippen LogP contribution in [0, 0.1) is 11.8 Å². The van der Waals surface area contributed by atoms with Crippen LogP contribution in [0.5, 0.6) is 0 Å². The molecule has 1 saturated carbocycles. The van der Waals surface area contributed by atoms with Gasteiger partial charge in [-0.2, -0.15) is 0 Å². The second-order valence-corrected chi connectivity index (χ2v) is 5.54. The number of carbonyl (C=O) groups is 3. The zero-order chi connectivity index (χ0) is 15.9. The van der Waals surface area contributed by atoms with Gasteiger partial charge in [0.25, 0.3) is 0 Å². The van der Waals surface area contributed by atoms with E-state index in [2.05, 4.69) is 10.9 Å². The summed E-state index contributed by atoms with van der Waals surface area (Å²) in [6.07, 6.45) is 2.86. The molecular formula is C16H20N2O4. The van der Waals surface area contributed by atoms with Crippen LogP contribution in [0.15, 0.2) is 30.3 Å². The summed E-state index contributed by atoms with van der Waals surface area (Å²) in [5.74, 6) is -2.95. The number of nitrogens with one attached hydrogen (secondary N) is 2. The maximum atomic E-state index is 12.1. The van der Waals surface area contributed by atoms with Crippen molar-refractivity contribution in [3.8, 4) is 0 Å². The SMILES string of the molecule is O=C(Cc1ccccc1)NNC(=O)[C@@H]1CCCC[C@H]1C(=O)O. The first-order valence-corrected chi connectivity index (χ1v) is 7.43. The molecule has 1 fully saturated rings. The molecule has 0 bridgehead atoms. The van der Waals surface area contributed by atoms with Gasteiger partial charge >= 0.3 is 5.97 Å². The molecule has 1 aliphatic rings. The smallest absolute Gasteiger partial charge is 0.307 e. The number of aliphatic carboxylic acids is 1. The lowest BCUT2D eigenvalue weighted by molar-refractivity contribution is -0.149. The molecule has 0 saturated heterocycles. The number of rotatable bonds is 4. The van der Waals surface area contributed by atoms with Gasteiger partial charge in [0.15, 0.2) is 0 Å². The van der Waals surface area contributed by atoms with Gasteiger partial charge in [-0.1, -0.05) is 43.2 Å². The molecule has 2 atom stereocenters. The molecule has 0 spiro atoms. The van der Waals surface area contributed by atoms with Crippen molar-refractivity contribution in [3.63, 3.8) is 0 Å². The van der Waals surface area contributed by atoms with Crippen LogP contribution in [0.25, 0.3) is 0 Å². The van der Waals surface area contributed by atoms with Gasteiger partial charge in [0.1, 0.15) is 0 Å². The third kappa shape index (κ3) is 4.31. The third-order valence-electron chi connectivity index (χ3n) is 3.95. The summed E-state index contributed by atoms with van der Waals surface area (Å²) in [4.78, 5) is 35.0. The molecule has 6 nitrogen and oxygen atoms in total. The average Bonchev–Trinajstić information content (AvgIpc) is 2.53. The highest BCUT2D eigenvalue weighted by Crippen LogP contribution is 2.30. The zero-order valence-corrected chi connectivity index (χ0v) is 12.2. The molecule has 2 rings (SSSR count). The summed E-state index contributed by atoms with van der Waals surface area (Å²) < 4.78 is 0. The molecule has 3 N–H and O–H groups in total. The fraction of sp³-hybridized carbons (Fsp3) is 0.438. The molecule has 2 amide bonds. The minimum Gasteiger partial charge on any atom is -0.481 e. The summed E-state index contributed by atoms with van der Waals surface area (Å²) in [6.45, 7) is 0. The molecule has 0 radical (unpaired) electrons. The van der Waals surface area contributed by atoms with Crippen molar-refractivity contribution in [3.05, 3.63) is 35.9 Å². The minimum atomic E-state index is -0.949. The van der Waals surface area contributed by atoms with Crippen LogP contribution in [-0.4, -0.2) is 22.9 Å². The lowest BCUT2D eigenvalue weighted by Crippen LogP contribution is -2.48. The quantitative estimate of drug-likeness (QED) is 0.730. The van der Waals surface area contributed by atoms with Gasteiger partial charge in [-0.3, -0.25) is 25.2 Å². The Labute approximate surface area is 128 Å². The first-order chi connectivity index (χ1) is 10.6. The predicted molar refractivity (Wildman–Crippen MR) is 79.5 cm³/mol. The summed E-state index contributed by atoms with van der Waals surface area (Å²) >= 11 is 0. The number of carbonyl (C=O) groups excluding carboxylic acids is 2. The van der Waals surface area contributed by atoms with Gasteiger partial charge in [0.2, 0.25) is 11.8 Å². The number of hydrogen-bond donors (Lipinski definition) is 3. The topological polar surface area (TPSA) is 95.5 Å². The summed E-state index contributed by atoms with van der Waals surface area (Å²) in [5.41, 5.74) is 5.55. The maximum Gasteiger partial charge on any atom is 0.307 e. The van der Waals surface area contributed by atoms with Crippen LogP contribution in [-0.2, 0) is 20.8 Å². The van der Waals surface area contributed by atoms with Crippen molar-refractivity contribution < 1.29 is 19.5 Å². The maximum absolute atomic E-state index is 12.1. The lowest BCUT2D eigenvalue weighted by Gasteiger charge is -2.27. The van der Waals surface area contributed by atoms with Gasteiger partial charge < -0.3 is 5.11 Å². The van der Waals surface area contributed by atoms with E-state index >= 15 is 0 Å². The van der Waals surface area contributed by atoms with Gasteiger partial charge in [0.05, 0.1) is 18.3 Å². The van der Waals surface area contributed by atoms with Crippen molar-refractivity contribution in [2.45, 2.75) is 32.1 Å². The second kappa shape index (κ2) is 7.59. The molecule has 1 aromatic carbocycles. The van der Waals surface area contributed by atoms with Crippen LogP contribution in [0.2, 0.25) is 0 Å². The third-order valence-corrected chi connectivity index (χ3v) is 3.95. The zero-order valence-electron chi connectivity index (χ0n) is 12.2. The van der Waals surface area contributed by atoms with E-state index < -0.39 is 23.7 Å². The average molecular weight is 304 g/mol. The van der Waals surface area contributed by atoms with E-state index in [1.807, 2.05) is 30.3 Å². The van der Waals surface area contributed by atoms with Crippen molar-refractivity contribution in [2.24, 2.45) is 11.8 Å². The summed E-state index contributed by atoms with van der Waals surface area (Å²) in [6, 6.07) is 9.17. The summed E-state index contributed by atoms with van der Waals surface area (Å²) in [5, 5.41) is 9.16. The lowest BCUT2D eigenvalue weighted by atomic mass is 9.79. The van der Waals surface area contributed by atoms with E-state index in [4.69, 9.17) is 5.11 Å². The second-order valence-electron chi connectivity index (χ2n) is 5.54. The Kier molecular flexibility index (Phi) is 5.52. The largest absolute Gasteiger partial charge is 0.481 e. The molecule has 6 heteroatoms. The van der Waals surface area contributed by atoms with E-state index in [1.54, 1.807) is 0 Å². The van der Waals surface area contributed by atoms with Crippen LogP contribution < -0.4 is 10.9 Å². The molecule has 1 aromatic rings. The van der Waals surface area contributed by atoms with Gasteiger partial charge in [-0.15, -0.1) is 0 Å². The molecule has 1 aliphatic carbocycles. The number of carboxylic acid groups (broad SMARTS) is 1. The Morgan fingerprint density at radius 3 is 2.27 bits per heavy atom. The first kappa shape index (κ1) is 16.0. The van der Waals surface area contributed by atoms with Crippen molar-refractivity contribution >= 4 is 17.8 Å². The van der Waals surface area contributed by atoms with Gasteiger partial charge in [-0.05, 0) is 18.4 Å². The number of benzene rings is 1. The number of hydrogen-bond acceptors (Lipinski definition) is 3. The fourth-order valence-electron chi connectivity index (χ4n) is 2.79. The Balaban J connectivity index is 1.83. The van der Waals surface area contributed by atoms with Gasteiger partial charge in [-0.25, -0.2) is 0 Å². The van der Waals surface area contributed by atoms with Crippen LogP contribution in [0.3, 0.4) is 0 Å². The van der Waals surface area contributed by atoms with E-state index in [-0.39, 0.29) is 12.3 Å². The van der Waals surface area contributed by atoms with Crippen LogP contribution in [0.1, 0.15) is 31.2 Å². The molecule has 0 unspecified atom stereocenters. The van der Waals surface area contributed by atoms with E-state index in [9.17, 15) is 14.4 Å².